The second-order valence-electron chi connectivity index (χ2n) is 25.7. The van der Waals surface area contributed by atoms with Crippen molar-refractivity contribution >= 4 is 44.6 Å². The zero-order valence-corrected chi connectivity index (χ0v) is 51.9. The van der Waals surface area contributed by atoms with Gasteiger partial charge in [-0.2, -0.15) is 12.1 Å². The quantitative estimate of drug-likeness (QED) is 0.135. The van der Waals surface area contributed by atoms with Gasteiger partial charge in [-0.15, -0.1) is 47.6 Å². The zero-order chi connectivity index (χ0) is 57.7. The first kappa shape index (κ1) is 55.4. The van der Waals surface area contributed by atoms with E-state index in [4.69, 9.17) is 9.72 Å². The Morgan fingerprint density at radius 2 is 1.02 bits per heavy atom. The second kappa shape index (κ2) is 21.1. The molecular formula is C79H67N4OPt-3. The number of benzene rings is 10. The molecule has 0 spiro atoms. The summed E-state index contributed by atoms with van der Waals surface area (Å²) in [5, 5.41) is 2.22. The van der Waals surface area contributed by atoms with Crippen LogP contribution in [0.25, 0.3) is 61.0 Å². The van der Waals surface area contributed by atoms with Crippen LogP contribution in [-0.4, -0.2) is 9.55 Å². The SMILES string of the molecule is CC(C)(C)c1ccc(C2(c3cc(-c4ccccc4)c(N4[CH-]N(c5[c-]c(Oc6[c-]c7c(cc6)c6ccccc6n7-c6cc(C(C)(C)C)ccn6)c(C(C)(C)C)cc5)c5ccccc54)c(-c4ccccc4)c3)c3ccccc3-c3ccccc32)cc1.[Pt]. The number of rotatable bonds is 9. The van der Waals surface area contributed by atoms with Gasteiger partial charge < -0.3 is 19.1 Å². The van der Waals surface area contributed by atoms with E-state index < -0.39 is 5.41 Å². The van der Waals surface area contributed by atoms with Crippen LogP contribution in [0.15, 0.2) is 237 Å². The Balaban J connectivity index is 0.00000672. The predicted molar refractivity (Wildman–Crippen MR) is 349 cm³/mol. The fraction of sp³-hybridized carbons (Fsp3) is 0.165. The van der Waals surface area contributed by atoms with Crippen molar-refractivity contribution in [1.82, 2.24) is 9.55 Å². The van der Waals surface area contributed by atoms with Gasteiger partial charge in [0.2, 0.25) is 0 Å². The van der Waals surface area contributed by atoms with Crippen molar-refractivity contribution in [3.05, 3.63) is 294 Å². The van der Waals surface area contributed by atoms with E-state index in [0.717, 1.165) is 78.2 Å². The summed E-state index contributed by atoms with van der Waals surface area (Å²) in [5.74, 6) is 2.09. The molecule has 0 bridgehead atoms. The van der Waals surface area contributed by atoms with Crippen LogP contribution in [0, 0.1) is 18.8 Å². The summed E-state index contributed by atoms with van der Waals surface area (Å²) in [6, 6.07) is 92.2. The first-order valence-electron chi connectivity index (χ1n) is 29.3. The number of nitrogens with zero attached hydrogens (tertiary/aromatic N) is 4. The summed E-state index contributed by atoms with van der Waals surface area (Å²) in [5.41, 5.74) is 20.5. The van der Waals surface area contributed by atoms with Gasteiger partial charge in [0, 0.05) is 72.5 Å². The number of para-hydroxylation sites is 3. The average molecular weight is 1280 g/mol. The van der Waals surface area contributed by atoms with Gasteiger partial charge in [0.1, 0.15) is 5.82 Å². The molecule has 0 saturated carbocycles. The third-order valence-electron chi connectivity index (χ3n) is 17.3. The van der Waals surface area contributed by atoms with Gasteiger partial charge in [-0.1, -0.05) is 237 Å². The molecule has 85 heavy (non-hydrogen) atoms. The van der Waals surface area contributed by atoms with Gasteiger partial charge >= 0.3 is 0 Å². The molecule has 5 nitrogen and oxygen atoms in total. The van der Waals surface area contributed by atoms with Crippen LogP contribution in [0.5, 0.6) is 11.5 Å². The van der Waals surface area contributed by atoms with Gasteiger partial charge in [-0.05, 0) is 114 Å². The maximum Gasteiger partial charge on any atom is 0.135 e. The minimum absolute atomic E-state index is 0. The molecule has 2 aliphatic rings. The van der Waals surface area contributed by atoms with E-state index in [9.17, 15) is 0 Å². The minimum Gasteiger partial charge on any atom is -0.509 e. The number of fused-ring (bicyclic) bond motifs is 7. The van der Waals surface area contributed by atoms with E-state index in [1.165, 1.54) is 44.5 Å². The first-order valence-corrected chi connectivity index (χ1v) is 29.3. The molecule has 10 aromatic carbocycles. The second-order valence-corrected chi connectivity index (χ2v) is 25.7. The largest absolute Gasteiger partial charge is 0.509 e. The van der Waals surface area contributed by atoms with E-state index in [-0.39, 0.29) is 37.3 Å². The van der Waals surface area contributed by atoms with Crippen LogP contribution in [0.4, 0.5) is 22.7 Å². The summed E-state index contributed by atoms with van der Waals surface area (Å²) in [6.45, 7) is 22.5. The topological polar surface area (TPSA) is 33.5 Å². The summed E-state index contributed by atoms with van der Waals surface area (Å²) in [6.07, 6.45) is 1.92. The Morgan fingerprint density at radius 3 is 1.64 bits per heavy atom. The van der Waals surface area contributed by atoms with Crippen molar-refractivity contribution < 1.29 is 25.8 Å². The molecule has 2 aromatic heterocycles. The smallest absolute Gasteiger partial charge is 0.135 e. The van der Waals surface area contributed by atoms with Crippen LogP contribution in [0.3, 0.4) is 0 Å². The summed E-state index contributed by atoms with van der Waals surface area (Å²) >= 11 is 0. The molecule has 0 saturated heterocycles. The van der Waals surface area contributed by atoms with E-state index >= 15 is 0 Å². The number of aromatic nitrogens is 2. The van der Waals surface area contributed by atoms with Crippen molar-refractivity contribution in [2.45, 2.75) is 84.0 Å². The fourth-order valence-electron chi connectivity index (χ4n) is 13.1. The third-order valence-corrected chi connectivity index (χ3v) is 17.3. The van der Waals surface area contributed by atoms with Gasteiger partial charge in [-0.3, -0.25) is 0 Å². The average Bonchev–Trinajstić information content (AvgIpc) is 1.82. The molecule has 3 heterocycles. The molecule has 422 valence electrons. The van der Waals surface area contributed by atoms with Gasteiger partial charge in [0.25, 0.3) is 0 Å². The third kappa shape index (κ3) is 9.40. The van der Waals surface area contributed by atoms with Crippen molar-refractivity contribution in [2.75, 3.05) is 9.80 Å². The Bertz CT molecular complexity index is 4400. The van der Waals surface area contributed by atoms with Crippen molar-refractivity contribution in [3.63, 3.8) is 0 Å². The monoisotopic (exact) mass is 1280 g/mol. The molecule has 0 amide bonds. The zero-order valence-electron chi connectivity index (χ0n) is 49.6. The van der Waals surface area contributed by atoms with Crippen LogP contribution < -0.4 is 14.5 Å². The first-order chi connectivity index (χ1) is 40.6. The fourth-order valence-corrected chi connectivity index (χ4v) is 13.1. The molecular weight excluding hydrogens is 1220 g/mol. The molecule has 0 fully saturated rings. The van der Waals surface area contributed by atoms with E-state index in [1.807, 2.05) is 12.3 Å². The van der Waals surface area contributed by atoms with Gasteiger partial charge in [0.15, 0.2) is 0 Å². The van der Waals surface area contributed by atoms with Gasteiger partial charge in [-0.25, -0.2) is 4.98 Å². The normalized spacial score (nSPS) is 13.6. The predicted octanol–water partition coefficient (Wildman–Crippen LogP) is 20.6. The van der Waals surface area contributed by atoms with E-state index in [1.54, 1.807) is 0 Å². The molecule has 0 N–H and O–H groups in total. The number of anilines is 4. The Labute approximate surface area is 515 Å². The Morgan fingerprint density at radius 1 is 0.459 bits per heavy atom. The standard InChI is InChI=1S/C79H67N4O.Pt/c1-76(2,3)54-36-38-55(39-37-54)79(66-31-19-16-28-60(66)61-29-17-20-32-67(61)79)57-46-64(52-24-12-10-13-25-52)75(65(47-57)53-26-14-11-15-27-53)82-51-81(70-34-22-23-35-71(70)82)58-40-43-68(78(7,8)9)73(49-58)84-59-41-42-63-62-30-18-21-33-69(62)83(72(63)50-59)74-48-56(44-45-80-74)77(4,5)6;/h10-48,51H,1-9H3;/q-3;. The minimum atomic E-state index is -0.652. The number of hydrogen-bond acceptors (Lipinski definition) is 4. The molecule has 14 rings (SSSR count). The number of pyridine rings is 1. The van der Waals surface area contributed by atoms with Crippen molar-refractivity contribution in [3.8, 4) is 50.7 Å². The van der Waals surface area contributed by atoms with Crippen LogP contribution in [0.2, 0.25) is 0 Å². The molecule has 0 radical (unpaired) electrons. The van der Waals surface area contributed by atoms with E-state index in [0.29, 0.717) is 11.5 Å². The number of hydrogen-bond donors (Lipinski definition) is 0. The molecule has 0 unspecified atom stereocenters. The van der Waals surface area contributed by atoms with Crippen LogP contribution in [-0.2, 0) is 42.7 Å². The molecule has 6 heteroatoms. The van der Waals surface area contributed by atoms with Crippen molar-refractivity contribution in [2.24, 2.45) is 0 Å². The molecule has 1 aliphatic heterocycles. The van der Waals surface area contributed by atoms with Gasteiger partial charge in [0.05, 0.1) is 5.41 Å². The molecule has 12 aromatic rings. The van der Waals surface area contributed by atoms with Crippen molar-refractivity contribution in [1.29, 1.82) is 0 Å². The summed E-state index contributed by atoms with van der Waals surface area (Å²) < 4.78 is 9.36. The maximum absolute atomic E-state index is 7.14. The van der Waals surface area contributed by atoms with E-state index in [2.05, 4.69) is 320 Å². The Kier molecular flexibility index (Phi) is 13.7. The number of ether oxygens (including phenoxy) is 1. The summed E-state index contributed by atoms with van der Waals surface area (Å²) in [7, 11) is 0. The molecule has 1 aliphatic carbocycles. The molecule has 0 atom stereocenters. The van der Waals surface area contributed by atoms with Crippen LogP contribution >= 0.6 is 0 Å². The van der Waals surface area contributed by atoms with Crippen LogP contribution in [0.1, 0.15) is 101 Å². The maximum atomic E-state index is 7.14. The Hall–Kier alpha value is -8.76. The summed E-state index contributed by atoms with van der Waals surface area (Å²) in [4.78, 5) is 9.62.